The summed E-state index contributed by atoms with van der Waals surface area (Å²) in [6.07, 6.45) is 3.76. The van der Waals surface area contributed by atoms with Gasteiger partial charge in [-0.2, -0.15) is 0 Å². The molecule has 0 atom stereocenters. The number of rotatable bonds is 4. The van der Waals surface area contributed by atoms with Gasteiger partial charge in [-0.05, 0) is 54.8 Å². The predicted octanol–water partition coefficient (Wildman–Crippen LogP) is 5.10. The Morgan fingerprint density at radius 3 is 2.13 bits per heavy atom. The Hall–Kier alpha value is -2.05. The van der Waals surface area contributed by atoms with E-state index in [2.05, 4.69) is 18.8 Å². The molecule has 2 aromatic carbocycles. The summed E-state index contributed by atoms with van der Waals surface area (Å²) in [7, 11) is 0. The van der Waals surface area contributed by atoms with Crippen molar-refractivity contribution in [3.63, 3.8) is 0 Å². The number of nitrogen functional groups attached to an aromatic ring is 1. The minimum Gasteiger partial charge on any atom is -0.399 e. The van der Waals surface area contributed by atoms with Crippen molar-refractivity contribution in [2.75, 3.05) is 5.73 Å². The number of halogens is 3. The predicted molar refractivity (Wildman–Crippen MR) is 93.7 cm³/mol. The van der Waals surface area contributed by atoms with Crippen LogP contribution in [0.5, 0.6) is 0 Å². The zero-order valence-corrected chi connectivity index (χ0v) is 13.9. The fourth-order valence-electron chi connectivity index (χ4n) is 2.17. The normalized spacial score (nSPS) is 9.70. The van der Waals surface area contributed by atoms with Crippen molar-refractivity contribution in [1.29, 1.82) is 0 Å². The fraction of sp³-hybridized carbons (Fsp3) is 0.263. The third-order valence-electron chi connectivity index (χ3n) is 3.41. The summed E-state index contributed by atoms with van der Waals surface area (Å²) in [6.45, 7) is 2.09. The smallest absolute Gasteiger partial charge is 0.142 e. The molecule has 0 spiro atoms. The van der Waals surface area contributed by atoms with Crippen LogP contribution in [0.25, 0.3) is 0 Å². The van der Waals surface area contributed by atoms with Crippen molar-refractivity contribution in [2.45, 2.75) is 32.6 Å². The molecule has 2 N–H and O–H groups in total. The Bertz CT molecular complexity index is 677. The minimum absolute atomic E-state index is 0. The Labute approximate surface area is 142 Å². The van der Waals surface area contributed by atoms with E-state index in [0.29, 0.717) is 23.2 Å². The third kappa shape index (κ3) is 5.58. The van der Waals surface area contributed by atoms with Crippen LogP contribution in [0.4, 0.5) is 14.5 Å². The van der Waals surface area contributed by atoms with Gasteiger partial charge in [0, 0.05) is 11.3 Å². The first-order valence-electron chi connectivity index (χ1n) is 7.45. The maximum atomic E-state index is 14.0. The topological polar surface area (TPSA) is 26.0 Å². The molecule has 0 unspecified atom stereocenters. The van der Waals surface area contributed by atoms with Gasteiger partial charge in [0.15, 0.2) is 0 Å². The van der Waals surface area contributed by atoms with Crippen LogP contribution in [0.2, 0.25) is 0 Å². The van der Waals surface area contributed by atoms with E-state index in [9.17, 15) is 8.78 Å². The molecule has 0 saturated heterocycles. The number of hydrogen-bond acceptors (Lipinski definition) is 1. The molecule has 23 heavy (non-hydrogen) atoms. The van der Waals surface area contributed by atoms with Crippen LogP contribution in [-0.2, 0) is 6.42 Å². The van der Waals surface area contributed by atoms with Gasteiger partial charge in [-0.1, -0.05) is 31.6 Å². The summed E-state index contributed by atoms with van der Waals surface area (Å²) < 4.78 is 28.0. The number of nitrogens with two attached hydrogens (primary N) is 1. The molecule has 0 fully saturated rings. The zero-order valence-electron chi connectivity index (χ0n) is 13.0. The van der Waals surface area contributed by atoms with E-state index in [1.54, 1.807) is 24.3 Å². The van der Waals surface area contributed by atoms with E-state index >= 15 is 0 Å². The van der Waals surface area contributed by atoms with Crippen LogP contribution in [-0.4, -0.2) is 0 Å². The molecule has 0 heterocycles. The van der Waals surface area contributed by atoms with E-state index < -0.39 is 11.6 Å². The lowest BCUT2D eigenvalue weighted by Gasteiger charge is -2.04. The molecule has 2 rings (SSSR count). The molecule has 0 aromatic heterocycles. The van der Waals surface area contributed by atoms with E-state index in [0.717, 1.165) is 19.3 Å². The standard InChI is InChI=1S/C19H19F2N.ClH/c1-2-3-4-5-15-12-18(20)17(19(21)13-15)11-8-14-6-9-16(22)10-7-14;/h6-7,9-10,12-13H,2-5,22H2,1H3;1H. The lowest BCUT2D eigenvalue weighted by atomic mass is 10.0. The summed E-state index contributed by atoms with van der Waals surface area (Å²) in [5.74, 6) is 4.12. The Balaban J connectivity index is 0.00000264. The van der Waals surface area contributed by atoms with Crippen LogP contribution >= 0.6 is 12.4 Å². The van der Waals surface area contributed by atoms with Gasteiger partial charge in [-0.3, -0.25) is 0 Å². The molecule has 0 saturated carbocycles. The molecule has 1 nitrogen and oxygen atoms in total. The van der Waals surface area contributed by atoms with E-state index in [4.69, 9.17) is 5.73 Å². The maximum Gasteiger partial charge on any atom is 0.142 e. The number of unbranched alkanes of at least 4 members (excludes halogenated alkanes) is 2. The molecule has 0 aliphatic carbocycles. The molecular weight excluding hydrogens is 316 g/mol. The van der Waals surface area contributed by atoms with Crippen LogP contribution < -0.4 is 5.73 Å². The molecule has 2 aromatic rings. The Morgan fingerprint density at radius 2 is 1.57 bits per heavy atom. The molecule has 4 heteroatoms. The SMILES string of the molecule is CCCCCc1cc(F)c(C#Cc2ccc(N)cc2)c(F)c1.Cl. The number of hydrogen-bond donors (Lipinski definition) is 1. The zero-order chi connectivity index (χ0) is 15.9. The summed E-state index contributed by atoms with van der Waals surface area (Å²) in [4.78, 5) is 0. The molecular formula is C19H20ClF2N. The molecule has 0 amide bonds. The van der Waals surface area contributed by atoms with Crippen molar-refractivity contribution >= 4 is 18.1 Å². The lowest BCUT2D eigenvalue weighted by Crippen LogP contribution is -1.95. The van der Waals surface area contributed by atoms with Gasteiger partial charge in [0.2, 0.25) is 0 Å². The summed E-state index contributed by atoms with van der Waals surface area (Å²) in [5.41, 5.74) is 7.37. The number of anilines is 1. The highest BCUT2D eigenvalue weighted by molar-refractivity contribution is 5.85. The van der Waals surface area contributed by atoms with Gasteiger partial charge < -0.3 is 5.73 Å². The average Bonchev–Trinajstić information content (AvgIpc) is 2.48. The van der Waals surface area contributed by atoms with Crippen molar-refractivity contribution in [2.24, 2.45) is 0 Å². The van der Waals surface area contributed by atoms with Crippen LogP contribution in [0, 0.1) is 23.5 Å². The van der Waals surface area contributed by atoms with E-state index in [1.165, 1.54) is 12.1 Å². The van der Waals surface area contributed by atoms with Crippen LogP contribution in [0.15, 0.2) is 36.4 Å². The number of aryl methyl sites for hydroxylation is 1. The Morgan fingerprint density at radius 1 is 0.957 bits per heavy atom. The Kier molecular flexibility index (Phi) is 7.57. The highest BCUT2D eigenvalue weighted by Crippen LogP contribution is 2.17. The third-order valence-corrected chi connectivity index (χ3v) is 3.41. The van der Waals surface area contributed by atoms with Gasteiger partial charge in [0.25, 0.3) is 0 Å². The largest absolute Gasteiger partial charge is 0.399 e. The van der Waals surface area contributed by atoms with Gasteiger partial charge in [-0.15, -0.1) is 12.4 Å². The first kappa shape index (κ1) is 19.0. The van der Waals surface area contributed by atoms with Crippen LogP contribution in [0.1, 0.15) is 42.9 Å². The second-order valence-electron chi connectivity index (χ2n) is 5.26. The van der Waals surface area contributed by atoms with E-state index in [-0.39, 0.29) is 18.0 Å². The first-order chi connectivity index (χ1) is 10.6. The average molecular weight is 336 g/mol. The van der Waals surface area contributed by atoms with Crippen LogP contribution in [0.3, 0.4) is 0 Å². The second-order valence-corrected chi connectivity index (χ2v) is 5.26. The minimum atomic E-state index is -0.602. The monoisotopic (exact) mass is 335 g/mol. The molecule has 0 aliphatic rings. The van der Waals surface area contributed by atoms with Gasteiger partial charge in [-0.25, -0.2) is 8.78 Å². The number of benzene rings is 2. The first-order valence-corrected chi connectivity index (χ1v) is 7.45. The van der Waals surface area contributed by atoms with Gasteiger partial charge >= 0.3 is 0 Å². The second kappa shape index (κ2) is 9.17. The fourth-order valence-corrected chi connectivity index (χ4v) is 2.17. The van der Waals surface area contributed by atoms with E-state index in [1.807, 2.05) is 0 Å². The van der Waals surface area contributed by atoms with Crippen molar-refractivity contribution < 1.29 is 8.78 Å². The van der Waals surface area contributed by atoms with Crippen molar-refractivity contribution in [3.05, 3.63) is 64.7 Å². The quantitative estimate of drug-likeness (QED) is 0.469. The van der Waals surface area contributed by atoms with Crippen molar-refractivity contribution in [3.8, 4) is 11.8 Å². The summed E-state index contributed by atoms with van der Waals surface area (Å²) >= 11 is 0. The summed E-state index contributed by atoms with van der Waals surface area (Å²) in [6, 6.07) is 9.60. The molecule has 122 valence electrons. The maximum absolute atomic E-state index is 14.0. The lowest BCUT2D eigenvalue weighted by molar-refractivity contribution is 0.572. The highest BCUT2D eigenvalue weighted by Gasteiger charge is 2.09. The van der Waals surface area contributed by atoms with Gasteiger partial charge in [0.05, 0.1) is 5.56 Å². The van der Waals surface area contributed by atoms with Crippen molar-refractivity contribution in [1.82, 2.24) is 0 Å². The molecule has 0 radical (unpaired) electrons. The summed E-state index contributed by atoms with van der Waals surface area (Å²) in [5, 5.41) is 0. The molecule has 0 bridgehead atoms. The van der Waals surface area contributed by atoms with Gasteiger partial charge in [0.1, 0.15) is 11.6 Å². The highest BCUT2D eigenvalue weighted by atomic mass is 35.5. The molecule has 0 aliphatic heterocycles.